The van der Waals surface area contributed by atoms with Gasteiger partial charge in [-0.05, 0) is 30.2 Å². The molecule has 0 spiro atoms. The Morgan fingerprint density at radius 2 is 2.13 bits per heavy atom. The zero-order chi connectivity index (χ0) is 11.0. The van der Waals surface area contributed by atoms with Crippen LogP contribution in [0.4, 0.5) is 10.5 Å². The number of carbonyl (C=O) groups excluding carboxylic acids is 2. The quantitative estimate of drug-likeness (QED) is 0.780. The molecule has 2 N–H and O–H groups in total. The largest absolute Gasteiger partial charge is 0.351 e. The van der Waals surface area contributed by atoms with Gasteiger partial charge in [0.05, 0.1) is 5.69 Å². The van der Waals surface area contributed by atoms with Crippen molar-refractivity contribution >= 4 is 33.6 Å². The summed E-state index contributed by atoms with van der Waals surface area (Å²) < 4.78 is 0.931. The van der Waals surface area contributed by atoms with Crippen molar-refractivity contribution in [2.24, 2.45) is 5.73 Å². The molecule has 0 fully saturated rings. The van der Waals surface area contributed by atoms with E-state index in [1.165, 1.54) is 0 Å². The van der Waals surface area contributed by atoms with Gasteiger partial charge in [0.25, 0.3) is 0 Å². The molecular weight excluding hydrogens is 260 g/mol. The van der Waals surface area contributed by atoms with Crippen LogP contribution in [0.2, 0.25) is 0 Å². The third-order valence-electron chi connectivity index (χ3n) is 2.36. The van der Waals surface area contributed by atoms with Crippen LogP contribution in [-0.2, 0) is 11.2 Å². The number of hydrogen-bond donors (Lipinski definition) is 1. The first-order chi connectivity index (χ1) is 7.09. The third kappa shape index (κ3) is 1.74. The van der Waals surface area contributed by atoms with Crippen LogP contribution < -0.4 is 10.6 Å². The number of primary amides is 1. The van der Waals surface area contributed by atoms with Gasteiger partial charge in [-0.2, -0.15) is 0 Å². The molecule has 0 aliphatic carbocycles. The Bertz CT molecular complexity index is 445. The van der Waals surface area contributed by atoms with Crippen LogP contribution in [0, 0.1) is 0 Å². The highest BCUT2D eigenvalue weighted by Crippen LogP contribution is 2.29. The van der Waals surface area contributed by atoms with Crippen LogP contribution in [0.1, 0.15) is 12.0 Å². The lowest BCUT2D eigenvalue weighted by atomic mass is 10.0. The number of rotatable bonds is 0. The first-order valence-corrected chi connectivity index (χ1v) is 5.29. The molecule has 0 saturated heterocycles. The standard InChI is InChI=1S/C10H9BrN2O2/c11-7-2-3-8-6(5-7)1-4-9(14)13(8)10(12)15/h2-3,5H,1,4H2,(H2,12,15). The van der Waals surface area contributed by atoms with Crippen LogP contribution in [0.5, 0.6) is 0 Å². The SMILES string of the molecule is NC(=O)N1C(=O)CCc2cc(Br)ccc21. The Morgan fingerprint density at radius 3 is 2.80 bits per heavy atom. The molecule has 2 rings (SSSR count). The number of urea groups is 1. The van der Waals surface area contributed by atoms with Gasteiger partial charge in [-0.15, -0.1) is 0 Å². The molecule has 0 radical (unpaired) electrons. The minimum absolute atomic E-state index is 0.239. The number of hydrogen-bond acceptors (Lipinski definition) is 2. The minimum Gasteiger partial charge on any atom is -0.351 e. The summed E-state index contributed by atoms with van der Waals surface area (Å²) in [5, 5.41) is 0. The lowest BCUT2D eigenvalue weighted by molar-refractivity contribution is -0.118. The first kappa shape index (κ1) is 10.2. The molecule has 3 amide bonds. The Morgan fingerprint density at radius 1 is 1.40 bits per heavy atom. The number of aryl methyl sites for hydroxylation is 1. The number of anilines is 1. The normalized spacial score (nSPS) is 15.0. The molecule has 1 heterocycles. The van der Waals surface area contributed by atoms with E-state index in [1.807, 2.05) is 6.07 Å². The molecule has 0 bridgehead atoms. The number of amides is 3. The van der Waals surface area contributed by atoms with Crippen molar-refractivity contribution in [1.29, 1.82) is 0 Å². The molecule has 0 aromatic heterocycles. The van der Waals surface area contributed by atoms with Gasteiger partial charge in [0.2, 0.25) is 5.91 Å². The second kappa shape index (κ2) is 3.66. The van der Waals surface area contributed by atoms with Crippen molar-refractivity contribution < 1.29 is 9.59 Å². The molecular formula is C10H9BrN2O2. The van der Waals surface area contributed by atoms with Crippen LogP contribution in [0.25, 0.3) is 0 Å². The predicted molar refractivity (Wildman–Crippen MR) is 59.5 cm³/mol. The van der Waals surface area contributed by atoms with E-state index in [-0.39, 0.29) is 5.91 Å². The van der Waals surface area contributed by atoms with Crippen LogP contribution in [0.3, 0.4) is 0 Å². The van der Waals surface area contributed by atoms with E-state index in [4.69, 9.17) is 5.73 Å². The Balaban J connectivity index is 2.53. The Hall–Kier alpha value is -1.36. The fourth-order valence-corrected chi connectivity index (χ4v) is 2.11. The van der Waals surface area contributed by atoms with Gasteiger partial charge in [0.1, 0.15) is 0 Å². The van der Waals surface area contributed by atoms with E-state index >= 15 is 0 Å². The first-order valence-electron chi connectivity index (χ1n) is 4.50. The summed E-state index contributed by atoms with van der Waals surface area (Å²) >= 11 is 3.34. The monoisotopic (exact) mass is 268 g/mol. The summed E-state index contributed by atoms with van der Waals surface area (Å²) in [6.07, 6.45) is 0.976. The average molecular weight is 269 g/mol. The summed E-state index contributed by atoms with van der Waals surface area (Å²) in [6.45, 7) is 0. The van der Waals surface area contributed by atoms with Gasteiger partial charge < -0.3 is 5.73 Å². The predicted octanol–water partition coefficient (Wildman–Crippen LogP) is 1.81. The number of carbonyl (C=O) groups is 2. The lowest BCUT2D eigenvalue weighted by Crippen LogP contribution is -2.43. The van der Waals surface area contributed by atoms with Crippen molar-refractivity contribution in [3.63, 3.8) is 0 Å². The Labute approximate surface area is 95.2 Å². The van der Waals surface area contributed by atoms with Crippen LogP contribution in [0.15, 0.2) is 22.7 Å². The van der Waals surface area contributed by atoms with E-state index in [9.17, 15) is 9.59 Å². The lowest BCUT2D eigenvalue weighted by Gasteiger charge is -2.26. The van der Waals surface area contributed by atoms with E-state index in [0.29, 0.717) is 18.5 Å². The van der Waals surface area contributed by atoms with Crippen LogP contribution >= 0.6 is 15.9 Å². The molecule has 4 nitrogen and oxygen atoms in total. The second-order valence-corrected chi connectivity index (χ2v) is 4.26. The third-order valence-corrected chi connectivity index (χ3v) is 2.85. The fraction of sp³-hybridized carbons (Fsp3) is 0.200. The van der Waals surface area contributed by atoms with Gasteiger partial charge in [0.15, 0.2) is 0 Å². The number of fused-ring (bicyclic) bond motifs is 1. The van der Waals surface area contributed by atoms with Crippen molar-refractivity contribution in [1.82, 2.24) is 0 Å². The van der Waals surface area contributed by atoms with E-state index < -0.39 is 6.03 Å². The maximum Gasteiger partial charge on any atom is 0.326 e. The maximum absolute atomic E-state index is 11.5. The summed E-state index contributed by atoms with van der Waals surface area (Å²) in [7, 11) is 0. The zero-order valence-electron chi connectivity index (χ0n) is 7.87. The molecule has 0 saturated carbocycles. The van der Waals surface area contributed by atoms with Gasteiger partial charge in [-0.3, -0.25) is 4.79 Å². The van der Waals surface area contributed by atoms with Crippen molar-refractivity contribution in [2.75, 3.05) is 4.90 Å². The molecule has 5 heteroatoms. The molecule has 1 aromatic carbocycles. The van der Waals surface area contributed by atoms with Gasteiger partial charge in [-0.1, -0.05) is 15.9 Å². The highest BCUT2D eigenvalue weighted by molar-refractivity contribution is 9.10. The Kier molecular flexibility index (Phi) is 2.48. The van der Waals surface area contributed by atoms with Crippen molar-refractivity contribution in [3.05, 3.63) is 28.2 Å². The maximum atomic E-state index is 11.5. The molecule has 1 aliphatic heterocycles. The molecule has 78 valence electrons. The molecule has 0 unspecified atom stereocenters. The topological polar surface area (TPSA) is 63.4 Å². The summed E-state index contributed by atoms with van der Waals surface area (Å²) in [5.74, 6) is -0.239. The molecule has 1 aromatic rings. The highest BCUT2D eigenvalue weighted by Gasteiger charge is 2.27. The number of nitrogens with zero attached hydrogens (tertiary/aromatic N) is 1. The number of imide groups is 1. The van der Waals surface area contributed by atoms with E-state index in [1.54, 1.807) is 12.1 Å². The van der Waals surface area contributed by atoms with Gasteiger partial charge in [0, 0.05) is 10.9 Å². The number of nitrogens with two attached hydrogens (primary N) is 1. The summed E-state index contributed by atoms with van der Waals surface area (Å²) in [5.41, 5.74) is 6.72. The van der Waals surface area contributed by atoms with E-state index in [0.717, 1.165) is 14.9 Å². The molecule has 0 atom stereocenters. The van der Waals surface area contributed by atoms with Gasteiger partial charge >= 0.3 is 6.03 Å². The van der Waals surface area contributed by atoms with Crippen molar-refractivity contribution in [2.45, 2.75) is 12.8 Å². The molecule has 15 heavy (non-hydrogen) atoms. The average Bonchev–Trinajstić information content (AvgIpc) is 2.17. The highest BCUT2D eigenvalue weighted by atomic mass is 79.9. The van der Waals surface area contributed by atoms with Crippen molar-refractivity contribution in [3.8, 4) is 0 Å². The second-order valence-electron chi connectivity index (χ2n) is 3.34. The smallest absolute Gasteiger partial charge is 0.326 e. The zero-order valence-corrected chi connectivity index (χ0v) is 9.45. The van der Waals surface area contributed by atoms with Gasteiger partial charge in [-0.25, -0.2) is 9.69 Å². The van der Waals surface area contributed by atoms with E-state index in [2.05, 4.69) is 15.9 Å². The van der Waals surface area contributed by atoms with Crippen LogP contribution in [-0.4, -0.2) is 11.9 Å². The number of halogens is 1. The summed E-state index contributed by atoms with van der Waals surface area (Å²) in [6, 6.07) is 4.69. The molecule has 1 aliphatic rings. The minimum atomic E-state index is -0.719. The number of benzene rings is 1. The summed E-state index contributed by atoms with van der Waals surface area (Å²) in [4.78, 5) is 23.7. The fourth-order valence-electron chi connectivity index (χ4n) is 1.70.